The van der Waals surface area contributed by atoms with Crippen molar-refractivity contribution >= 4 is 38.4 Å². The summed E-state index contributed by atoms with van der Waals surface area (Å²) in [4.78, 5) is 21.2. The highest BCUT2D eigenvalue weighted by Gasteiger charge is 2.18. The van der Waals surface area contributed by atoms with Crippen LogP contribution in [0.2, 0.25) is 0 Å². The summed E-state index contributed by atoms with van der Waals surface area (Å²) in [5, 5.41) is 19.4. The molecule has 26 heavy (non-hydrogen) atoms. The zero-order chi connectivity index (χ0) is 17.9. The van der Waals surface area contributed by atoms with Crippen LogP contribution in [0.25, 0.3) is 10.2 Å². The van der Waals surface area contributed by atoms with E-state index in [0.717, 1.165) is 35.3 Å². The molecular formula is C18H19N5O2S. The van der Waals surface area contributed by atoms with Gasteiger partial charge in [0.1, 0.15) is 5.82 Å². The topological polar surface area (TPSA) is 99.2 Å². The summed E-state index contributed by atoms with van der Waals surface area (Å²) in [5.74, 6) is 0.477. The fourth-order valence-electron chi connectivity index (χ4n) is 2.92. The highest BCUT2D eigenvalue weighted by molar-refractivity contribution is 7.22. The zero-order valence-electron chi connectivity index (χ0n) is 14.0. The number of aliphatic hydroxyl groups is 1. The van der Waals surface area contributed by atoms with Crippen molar-refractivity contribution in [1.29, 1.82) is 0 Å². The Bertz CT molecular complexity index is 936. The summed E-state index contributed by atoms with van der Waals surface area (Å²) in [6.45, 7) is 1.75. The number of pyridine rings is 1. The molecule has 1 unspecified atom stereocenters. The number of nitrogens with zero attached hydrogens (tertiary/aromatic N) is 2. The summed E-state index contributed by atoms with van der Waals surface area (Å²) in [6.07, 6.45) is 2.56. The first kappa shape index (κ1) is 16.9. The molecule has 134 valence electrons. The van der Waals surface area contributed by atoms with Gasteiger partial charge in [-0.05, 0) is 42.8 Å². The van der Waals surface area contributed by atoms with Gasteiger partial charge in [-0.25, -0.2) is 9.97 Å². The molecule has 8 heteroatoms. The number of carbonyl (C=O) groups is 1. The number of amides is 1. The molecule has 1 amide bonds. The summed E-state index contributed by atoms with van der Waals surface area (Å²) < 4.78 is 0.988. The third-order valence-corrected chi connectivity index (χ3v) is 5.22. The summed E-state index contributed by atoms with van der Waals surface area (Å²) >= 11 is 1.48. The molecular weight excluding hydrogens is 350 g/mol. The molecule has 0 aliphatic carbocycles. The Balaban J connectivity index is 1.50. The number of anilines is 2. The number of aromatic nitrogens is 2. The predicted molar refractivity (Wildman–Crippen MR) is 102 cm³/mol. The molecule has 1 aliphatic heterocycles. The molecule has 1 aliphatic rings. The number of rotatable bonds is 5. The van der Waals surface area contributed by atoms with Gasteiger partial charge in [0.15, 0.2) is 5.13 Å². The van der Waals surface area contributed by atoms with Crippen molar-refractivity contribution in [2.75, 3.05) is 18.4 Å². The second-order valence-corrected chi connectivity index (χ2v) is 7.23. The molecule has 0 bridgehead atoms. The van der Waals surface area contributed by atoms with Crippen LogP contribution in [0.3, 0.4) is 0 Å². The number of hydrogen-bond acceptors (Lipinski definition) is 7. The summed E-state index contributed by atoms with van der Waals surface area (Å²) in [5.41, 5.74) is 2.28. The van der Waals surface area contributed by atoms with E-state index in [0.29, 0.717) is 16.5 Å². The molecule has 0 radical (unpaired) electrons. The third kappa shape index (κ3) is 3.67. The van der Waals surface area contributed by atoms with Crippen LogP contribution in [0, 0.1) is 0 Å². The van der Waals surface area contributed by atoms with Gasteiger partial charge in [-0.2, -0.15) is 0 Å². The number of thiazole rings is 1. The maximum Gasteiger partial charge on any atom is 0.251 e. The van der Waals surface area contributed by atoms with E-state index < -0.39 is 0 Å². The van der Waals surface area contributed by atoms with Gasteiger partial charge in [0, 0.05) is 24.3 Å². The van der Waals surface area contributed by atoms with E-state index in [1.54, 1.807) is 18.3 Å². The smallest absolute Gasteiger partial charge is 0.251 e. The minimum Gasteiger partial charge on any atom is -0.392 e. The molecule has 2 aromatic heterocycles. The highest BCUT2D eigenvalue weighted by atomic mass is 32.1. The standard InChI is InChI=1S/C18H19N5O2S/c24-10-11-1-2-14-15(7-11)26-18(22-14)23-16-8-12(3-6-20-16)17(25)21-13-4-5-19-9-13/h1-3,6-8,13,19,24H,4-5,9-10H2,(H,21,25)(H,20,22,23). The van der Waals surface area contributed by atoms with Crippen molar-refractivity contribution in [2.45, 2.75) is 19.1 Å². The molecule has 0 spiro atoms. The molecule has 1 aromatic carbocycles. The van der Waals surface area contributed by atoms with Gasteiger partial charge in [0.2, 0.25) is 0 Å². The van der Waals surface area contributed by atoms with Crippen molar-refractivity contribution in [3.8, 4) is 0 Å². The van der Waals surface area contributed by atoms with Crippen LogP contribution in [0.4, 0.5) is 10.9 Å². The van der Waals surface area contributed by atoms with Gasteiger partial charge in [0.05, 0.1) is 16.8 Å². The maximum atomic E-state index is 12.4. The van der Waals surface area contributed by atoms with Crippen molar-refractivity contribution in [3.63, 3.8) is 0 Å². The Hall–Kier alpha value is -2.55. The van der Waals surface area contributed by atoms with Crippen molar-refractivity contribution in [2.24, 2.45) is 0 Å². The largest absolute Gasteiger partial charge is 0.392 e. The van der Waals surface area contributed by atoms with Crippen LogP contribution >= 0.6 is 11.3 Å². The fraction of sp³-hybridized carbons (Fsp3) is 0.278. The summed E-state index contributed by atoms with van der Waals surface area (Å²) in [6, 6.07) is 9.27. The fourth-order valence-corrected chi connectivity index (χ4v) is 3.85. The van der Waals surface area contributed by atoms with E-state index >= 15 is 0 Å². The quantitative estimate of drug-likeness (QED) is 0.549. The molecule has 4 rings (SSSR count). The van der Waals surface area contributed by atoms with Gasteiger partial charge in [-0.3, -0.25) is 4.79 Å². The van der Waals surface area contributed by atoms with Gasteiger partial charge >= 0.3 is 0 Å². The lowest BCUT2D eigenvalue weighted by Gasteiger charge is -2.11. The Morgan fingerprint density at radius 1 is 1.35 bits per heavy atom. The van der Waals surface area contributed by atoms with Crippen LogP contribution in [0.5, 0.6) is 0 Å². The normalized spacial score (nSPS) is 16.7. The number of aliphatic hydroxyl groups excluding tert-OH is 1. The highest BCUT2D eigenvalue weighted by Crippen LogP contribution is 2.28. The van der Waals surface area contributed by atoms with E-state index in [-0.39, 0.29) is 18.6 Å². The summed E-state index contributed by atoms with van der Waals surface area (Å²) in [7, 11) is 0. The van der Waals surface area contributed by atoms with Crippen LogP contribution in [0.15, 0.2) is 36.5 Å². The van der Waals surface area contributed by atoms with Gasteiger partial charge in [-0.1, -0.05) is 17.4 Å². The minimum atomic E-state index is -0.0963. The molecule has 3 heterocycles. The molecule has 1 fully saturated rings. The number of hydrogen-bond donors (Lipinski definition) is 4. The van der Waals surface area contributed by atoms with Crippen LogP contribution in [0.1, 0.15) is 22.3 Å². The van der Waals surface area contributed by atoms with E-state index in [4.69, 9.17) is 0 Å². The van der Waals surface area contributed by atoms with Gasteiger partial charge in [-0.15, -0.1) is 0 Å². The Labute approximate surface area is 154 Å². The van der Waals surface area contributed by atoms with Crippen molar-refractivity contribution in [3.05, 3.63) is 47.7 Å². The number of nitrogens with one attached hydrogen (secondary N) is 3. The number of carbonyl (C=O) groups excluding carboxylic acids is 1. The van der Waals surface area contributed by atoms with E-state index in [1.165, 1.54) is 11.3 Å². The lowest BCUT2D eigenvalue weighted by atomic mass is 10.2. The second kappa shape index (κ2) is 7.36. The Morgan fingerprint density at radius 2 is 2.27 bits per heavy atom. The van der Waals surface area contributed by atoms with Gasteiger partial charge in [0.25, 0.3) is 5.91 Å². The van der Waals surface area contributed by atoms with Crippen LogP contribution in [-0.2, 0) is 6.61 Å². The zero-order valence-corrected chi connectivity index (χ0v) is 14.8. The monoisotopic (exact) mass is 369 g/mol. The Morgan fingerprint density at radius 3 is 3.08 bits per heavy atom. The molecule has 1 atom stereocenters. The van der Waals surface area contributed by atoms with Gasteiger partial charge < -0.3 is 21.1 Å². The first-order valence-corrected chi connectivity index (χ1v) is 9.28. The number of benzene rings is 1. The lowest BCUT2D eigenvalue weighted by molar-refractivity contribution is 0.0940. The second-order valence-electron chi connectivity index (χ2n) is 6.20. The third-order valence-electron chi connectivity index (χ3n) is 4.29. The predicted octanol–water partition coefficient (Wildman–Crippen LogP) is 2.02. The molecule has 3 aromatic rings. The number of fused-ring (bicyclic) bond motifs is 1. The molecule has 0 saturated carbocycles. The van der Waals surface area contributed by atoms with Crippen LogP contribution in [-0.4, -0.2) is 40.1 Å². The Kier molecular flexibility index (Phi) is 4.79. The SMILES string of the molecule is O=C(NC1CCNC1)c1ccnc(Nc2nc3ccc(CO)cc3s2)c1. The average Bonchev–Trinajstić information content (AvgIpc) is 3.30. The molecule has 1 saturated heterocycles. The van der Waals surface area contributed by atoms with E-state index in [9.17, 15) is 9.90 Å². The van der Waals surface area contributed by atoms with Crippen molar-refractivity contribution < 1.29 is 9.90 Å². The molecule has 7 nitrogen and oxygen atoms in total. The van der Waals surface area contributed by atoms with Crippen molar-refractivity contribution in [1.82, 2.24) is 20.6 Å². The molecule has 4 N–H and O–H groups in total. The average molecular weight is 369 g/mol. The lowest BCUT2D eigenvalue weighted by Crippen LogP contribution is -2.36. The van der Waals surface area contributed by atoms with Crippen LogP contribution < -0.4 is 16.0 Å². The van der Waals surface area contributed by atoms with E-state index in [1.807, 2.05) is 18.2 Å². The first-order chi connectivity index (χ1) is 12.7. The maximum absolute atomic E-state index is 12.4. The minimum absolute atomic E-state index is 0.00578. The first-order valence-electron chi connectivity index (χ1n) is 8.46. The van der Waals surface area contributed by atoms with E-state index in [2.05, 4.69) is 25.9 Å².